The van der Waals surface area contributed by atoms with Gasteiger partial charge in [0.15, 0.2) is 0 Å². The molecule has 2 N–H and O–H groups in total. The van der Waals surface area contributed by atoms with E-state index in [1.807, 2.05) is 0 Å². The molecule has 0 saturated heterocycles. The van der Waals surface area contributed by atoms with Gasteiger partial charge in [0.25, 0.3) is 11.9 Å². The van der Waals surface area contributed by atoms with Gasteiger partial charge in [-0.3, -0.25) is 9.59 Å². The average Bonchev–Trinajstić information content (AvgIpc) is 1.63. The maximum absolute atomic E-state index is 9.69. The number of hydrogen-bond donors (Lipinski definition) is 2. The number of aliphatic carboxylic acids is 2. The molecule has 0 spiro atoms. The van der Waals surface area contributed by atoms with Crippen LogP contribution in [0.2, 0.25) is 0 Å². The van der Waals surface area contributed by atoms with Crippen LogP contribution in [-0.2, 0) is 26.7 Å². The Kier molecular flexibility index (Phi) is 7.93. The van der Waals surface area contributed by atoms with Crippen molar-refractivity contribution in [1.29, 1.82) is 0 Å². The van der Waals surface area contributed by atoms with E-state index < -0.39 is 25.0 Å². The van der Waals surface area contributed by atoms with Gasteiger partial charge in [0.2, 0.25) is 0 Å². The van der Waals surface area contributed by atoms with Gasteiger partial charge in [0.05, 0.1) is 0 Å². The van der Waals surface area contributed by atoms with Crippen molar-refractivity contribution in [1.82, 2.24) is 0 Å². The smallest absolute Gasteiger partial charge is 0.282 e. The van der Waals surface area contributed by atoms with E-state index >= 15 is 0 Å². The number of nitrogens with zero attached hydrogens (tertiary/aromatic N) is 1. The zero-order valence-corrected chi connectivity index (χ0v) is 6.03. The van der Waals surface area contributed by atoms with Crippen LogP contribution in [-0.4, -0.2) is 35.2 Å². The maximum atomic E-state index is 9.69. The molecule has 5 nitrogen and oxygen atoms in total. The monoisotopic (exact) mass is 188 g/mol. The Balaban J connectivity index is 0. The van der Waals surface area contributed by atoms with Crippen LogP contribution in [0.15, 0.2) is 0 Å². The topological polar surface area (TPSA) is 88.7 Å². The van der Waals surface area contributed by atoms with Crippen LogP contribution in [0.4, 0.5) is 0 Å². The van der Waals surface area contributed by atoms with Crippen LogP contribution in [0.5, 0.6) is 0 Å². The standard InChI is InChI=1S/C4H6NO4.Fe/c6-3(7)1-5-2-4(8)9;/h1-2H2,(H,6,7)(H,8,9);/q-1;. The molecule has 0 aromatic heterocycles. The van der Waals surface area contributed by atoms with E-state index in [0.717, 1.165) is 0 Å². The van der Waals surface area contributed by atoms with E-state index in [9.17, 15) is 9.59 Å². The molecule has 6 heteroatoms. The zero-order chi connectivity index (χ0) is 7.28. The van der Waals surface area contributed by atoms with Crippen molar-refractivity contribution in [3.05, 3.63) is 5.32 Å². The minimum atomic E-state index is -1.11. The van der Waals surface area contributed by atoms with E-state index in [-0.39, 0.29) is 17.1 Å². The number of hydrogen-bond acceptors (Lipinski definition) is 2. The first-order valence-corrected chi connectivity index (χ1v) is 2.20. The van der Waals surface area contributed by atoms with Crippen molar-refractivity contribution in [3.63, 3.8) is 0 Å². The molecule has 0 atom stereocenters. The molecule has 0 aromatic carbocycles. The summed E-state index contributed by atoms with van der Waals surface area (Å²) in [6.45, 7) is -0.876. The maximum Gasteiger partial charge on any atom is 0.282 e. The third-order valence-corrected chi connectivity index (χ3v) is 0.494. The molecule has 60 valence electrons. The predicted octanol–water partition coefficient (Wildman–Crippen LogP) is -0.473. The Labute approximate surface area is 67.9 Å². The molecule has 0 fully saturated rings. The summed E-state index contributed by atoms with van der Waals surface area (Å²) >= 11 is 0. The van der Waals surface area contributed by atoms with Crippen molar-refractivity contribution in [2.24, 2.45) is 0 Å². The van der Waals surface area contributed by atoms with Crippen molar-refractivity contribution < 1.29 is 36.9 Å². The summed E-state index contributed by atoms with van der Waals surface area (Å²) in [5.41, 5.74) is 0. The molecule has 0 amide bonds. The fourth-order valence-electron chi connectivity index (χ4n) is 0.247. The number of rotatable bonds is 4. The number of carboxylic acids is 2. The third-order valence-electron chi connectivity index (χ3n) is 0.494. The van der Waals surface area contributed by atoms with E-state index in [2.05, 4.69) is 5.32 Å². The summed E-state index contributed by atoms with van der Waals surface area (Å²) < 4.78 is 0. The molecule has 0 rings (SSSR count). The average molecular weight is 188 g/mol. The van der Waals surface area contributed by atoms with Crippen LogP contribution in [0.1, 0.15) is 0 Å². The number of carbonyl (C=O) groups is 2. The first-order valence-electron chi connectivity index (χ1n) is 2.20. The molecule has 0 aliphatic heterocycles. The van der Waals surface area contributed by atoms with Crippen LogP contribution in [0, 0.1) is 0 Å². The molecule has 0 unspecified atom stereocenters. The van der Waals surface area contributed by atoms with Gasteiger partial charge >= 0.3 is 0 Å². The van der Waals surface area contributed by atoms with Crippen molar-refractivity contribution in [3.8, 4) is 0 Å². The molecule has 0 heterocycles. The second kappa shape index (κ2) is 6.54. The van der Waals surface area contributed by atoms with E-state index in [1.165, 1.54) is 0 Å². The quantitative estimate of drug-likeness (QED) is 0.583. The third kappa shape index (κ3) is 10.4. The SMILES string of the molecule is O=C(O)C[N-]CC(=O)O.[Fe]. The molecule has 0 saturated carbocycles. The van der Waals surface area contributed by atoms with Gasteiger partial charge in [0.1, 0.15) is 0 Å². The van der Waals surface area contributed by atoms with Gasteiger partial charge in [-0.2, -0.15) is 0 Å². The summed E-state index contributed by atoms with van der Waals surface area (Å²) in [6, 6.07) is 0. The largest absolute Gasteiger partial charge is 0.644 e. The molecule has 0 aromatic rings. The summed E-state index contributed by atoms with van der Waals surface area (Å²) in [5, 5.41) is 19.1. The Hall–Kier alpha value is -0.581. The molecule has 0 radical (unpaired) electrons. The second-order valence-corrected chi connectivity index (χ2v) is 1.33. The summed E-state index contributed by atoms with van der Waals surface area (Å²) in [6.07, 6.45) is 0. The molecule has 10 heavy (non-hydrogen) atoms. The van der Waals surface area contributed by atoms with Crippen molar-refractivity contribution >= 4 is 11.9 Å². The summed E-state index contributed by atoms with van der Waals surface area (Å²) in [5.74, 6) is -2.23. The van der Waals surface area contributed by atoms with Crippen LogP contribution < -0.4 is 0 Å². The summed E-state index contributed by atoms with van der Waals surface area (Å²) in [7, 11) is 0. The van der Waals surface area contributed by atoms with Gasteiger partial charge < -0.3 is 15.5 Å². The van der Waals surface area contributed by atoms with Crippen LogP contribution >= 0.6 is 0 Å². The molecule has 0 bridgehead atoms. The molecule has 0 aliphatic rings. The fraction of sp³-hybridized carbons (Fsp3) is 0.500. The van der Waals surface area contributed by atoms with Crippen LogP contribution in [0.25, 0.3) is 5.32 Å². The minimum absolute atomic E-state index is 0. The predicted molar refractivity (Wildman–Crippen MR) is 28.4 cm³/mol. The van der Waals surface area contributed by atoms with Gasteiger partial charge in [-0.25, -0.2) is 0 Å². The van der Waals surface area contributed by atoms with E-state index in [1.54, 1.807) is 0 Å². The van der Waals surface area contributed by atoms with Gasteiger partial charge in [-0.1, -0.05) is 0 Å². The van der Waals surface area contributed by atoms with Crippen molar-refractivity contribution in [2.75, 3.05) is 13.1 Å². The first-order chi connectivity index (χ1) is 4.13. The Morgan fingerprint density at radius 2 is 1.40 bits per heavy atom. The molecule has 0 aliphatic carbocycles. The molecular formula is C4H6FeNO4-. The number of carboxylic acid groups (broad SMARTS) is 2. The summed E-state index contributed by atoms with van der Waals surface area (Å²) in [4.78, 5) is 19.4. The zero-order valence-electron chi connectivity index (χ0n) is 4.93. The molecular weight excluding hydrogens is 182 g/mol. The first kappa shape index (κ1) is 12.1. The second-order valence-electron chi connectivity index (χ2n) is 1.33. The Morgan fingerprint density at radius 3 is 1.60 bits per heavy atom. The van der Waals surface area contributed by atoms with Crippen molar-refractivity contribution in [2.45, 2.75) is 0 Å². The normalized spacial score (nSPS) is 8.00. The van der Waals surface area contributed by atoms with Gasteiger partial charge in [0, 0.05) is 17.1 Å². The Bertz CT molecular complexity index is 112. The van der Waals surface area contributed by atoms with Crippen LogP contribution in [0.3, 0.4) is 0 Å². The van der Waals surface area contributed by atoms with E-state index in [4.69, 9.17) is 10.2 Å². The minimum Gasteiger partial charge on any atom is -0.644 e. The Morgan fingerprint density at radius 1 is 1.10 bits per heavy atom. The van der Waals surface area contributed by atoms with Gasteiger partial charge in [-0.15, -0.1) is 0 Å². The van der Waals surface area contributed by atoms with E-state index in [0.29, 0.717) is 0 Å². The fourth-order valence-corrected chi connectivity index (χ4v) is 0.247. The van der Waals surface area contributed by atoms with Gasteiger partial charge in [-0.05, 0) is 13.1 Å².